The number of amides is 2. The van der Waals surface area contributed by atoms with Crippen molar-refractivity contribution in [2.45, 2.75) is 12.8 Å². The van der Waals surface area contributed by atoms with Crippen molar-refractivity contribution in [2.24, 2.45) is 5.92 Å². The van der Waals surface area contributed by atoms with Gasteiger partial charge in [-0.15, -0.1) is 0 Å². The number of likely N-dealkylation sites (tertiary alicyclic amines) is 1. The highest BCUT2D eigenvalue weighted by molar-refractivity contribution is 5.95. The van der Waals surface area contributed by atoms with Gasteiger partial charge in [0.25, 0.3) is 5.91 Å². The molecule has 0 radical (unpaired) electrons. The van der Waals surface area contributed by atoms with Crippen LogP contribution in [-0.4, -0.2) is 41.9 Å². The highest BCUT2D eigenvalue weighted by Gasteiger charge is 2.28. The van der Waals surface area contributed by atoms with Crippen molar-refractivity contribution < 1.29 is 14.3 Å². The lowest BCUT2D eigenvalue weighted by Gasteiger charge is -2.31. The van der Waals surface area contributed by atoms with Crippen LogP contribution in [0.4, 0.5) is 5.69 Å². The van der Waals surface area contributed by atoms with Gasteiger partial charge in [0.15, 0.2) is 0 Å². The first-order valence-corrected chi connectivity index (χ1v) is 8.32. The number of nitrogens with one attached hydrogen (secondary N) is 1. The second kappa shape index (κ2) is 7.79. The largest absolute Gasteiger partial charge is 0.495 e. The number of ether oxygens (including phenoxy) is 1. The van der Waals surface area contributed by atoms with Crippen LogP contribution >= 0.6 is 0 Å². The van der Waals surface area contributed by atoms with Crippen LogP contribution in [0.3, 0.4) is 0 Å². The zero-order valence-electron chi connectivity index (χ0n) is 14.1. The second-order valence-electron chi connectivity index (χ2n) is 5.99. The SMILES string of the molecule is COc1ccccc1NC(=O)C1CCN(C(=O)c2ccncc2)CC1. The quantitative estimate of drug-likeness (QED) is 0.929. The van der Waals surface area contributed by atoms with Crippen LogP contribution in [0.1, 0.15) is 23.2 Å². The van der Waals surface area contributed by atoms with Crippen LogP contribution in [0.15, 0.2) is 48.8 Å². The minimum absolute atomic E-state index is 0.00835. The number of pyridine rings is 1. The van der Waals surface area contributed by atoms with Crippen LogP contribution in [0.25, 0.3) is 0 Å². The number of hydrogen-bond donors (Lipinski definition) is 1. The smallest absolute Gasteiger partial charge is 0.253 e. The number of carbonyl (C=O) groups excluding carboxylic acids is 2. The molecule has 130 valence electrons. The normalized spacial score (nSPS) is 14.8. The van der Waals surface area contributed by atoms with Gasteiger partial charge in [0.05, 0.1) is 12.8 Å². The van der Waals surface area contributed by atoms with E-state index in [1.807, 2.05) is 24.3 Å². The van der Waals surface area contributed by atoms with Gasteiger partial charge in [-0.05, 0) is 37.1 Å². The zero-order valence-corrected chi connectivity index (χ0v) is 14.1. The fourth-order valence-corrected chi connectivity index (χ4v) is 3.00. The number of anilines is 1. The van der Waals surface area contributed by atoms with Crippen LogP contribution < -0.4 is 10.1 Å². The number of piperidine rings is 1. The van der Waals surface area contributed by atoms with Crippen LogP contribution in [0.5, 0.6) is 5.75 Å². The second-order valence-corrected chi connectivity index (χ2v) is 5.99. The summed E-state index contributed by atoms with van der Waals surface area (Å²) in [7, 11) is 1.58. The zero-order chi connectivity index (χ0) is 17.6. The average molecular weight is 339 g/mol. The topological polar surface area (TPSA) is 71.5 Å². The molecule has 1 N–H and O–H groups in total. The van der Waals surface area contributed by atoms with E-state index in [1.165, 1.54) is 0 Å². The molecular weight excluding hydrogens is 318 g/mol. The molecule has 1 aromatic carbocycles. The van der Waals surface area contributed by atoms with Crippen molar-refractivity contribution in [3.8, 4) is 5.75 Å². The highest BCUT2D eigenvalue weighted by Crippen LogP contribution is 2.26. The fraction of sp³-hybridized carbons (Fsp3) is 0.316. The van der Waals surface area contributed by atoms with Gasteiger partial charge in [-0.2, -0.15) is 0 Å². The molecule has 3 rings (SSSR count). The predicted molar refractivity (Wildman–Crippen MR) is 94.5 cm³/mol. The summed E-state index contributed by atoms with van der Waals surface area (Å²) in [6, 6.07) is 10.8. The van der Waals surface area contributed by atoms with Gasteiger partial charge < -0.3 is 15.0 Å². The maximum atomic E-state index is 12.5. The van der Waals surface area contributed by atoms with E-state index in [-0.39, 0.29) is 17.7 Å². The van der Waals surface area contributed by atoms with E-state index in [9.17, 15) is 9.59 Å². The summed E-state index contributed by atoms with van der Waals surface area (Å²) in [5, 5.41) is 2.93. The number of benzene rings is 1. The third-order valence-corrected chi connectivity index (χ3v) is 4.45. The number of rotatable bonds is 4. The number of para-hydroxylation sites is 2. The molecule has 1 aromatic heterocycles. The van der Waals surface area contributed by atoms with Crippen molar-refractivity contribution in [3.63, 3.8) is 0 Å². The number of aromatic nitrogens is 1. The molecule has 2 aromatic rings. The van der Waals surface area contributed by atoms with Gasteiger partial charge in [-0.25, -0.2) is 0 Å². The Morgan fingerprint density at radius 1 is 1.12 bits per heavy atom. The third kappa shape index (κ3) is 3.96. The molecule has 2 amide bonds. The lowest BCUT2D eigenvalue weighted by molar-refractivity contribution is -0.121. The summed E-state index contributed by atoms with van der Waals surface area (Å²) in [4.78, 5) is 30.7. The summed E-state index contributed by atoms with van der Waals surface area (Å²) in [6.07, 6.45) is 4.52. The van der Waals surface area contributed by atoms with Gasteiger partial charge in [0.1, 0.15) is 5.75 Å². The molecule has 6 heteroatoms. The molecule has 1 fully saturated rings. The minimum Gasteiger partial charge on any atom is -0.495 e. The number of carbonyl (C=O) groups is 2. The summed E-state index contributed by atoms with van der Waals surface area (Å²) in [5.41, 5.74) is 1.30. The number of methoxy groups -OCH3 is 1. The fourth-order valence-electron chi connectivity index (χ4n) is 3.00. The van der Waals surface area contributed by atoms with Gasteiger partial charge in [-0.3, -0.25) is 14.6 Å². The van der Waals surface area contributed by atoms with Crippen LogP contribution in [0, 0.1) is 5.92 Å². The third-order valence-electron chi connectivity index (χ3n) is 4.45. The Balaban J connectivity index is 1.57. The van der Waals surface area contributed by atoms with Crippen molar-refractivity contribution in [2.75, 3.05) is 25.5 Å². The van der Waals surface area contributed by atoms with E-state index in [1.54, 1.807) is 36.5 Å². The number of nitrogens with zero attached hydrogens (tertiary/aromatic N) is 2. The van der Waals surface area contributed by atoms with Gasteiger partial charge in [-0.1, -0.05) is 12.1 Å². The molecule has 0 aliphatic carbocycles. The Labute approximate surface area is 146 Å². The Morgan fingerprint density at radius 3 is 2.48 bits per heavy atom. The van der Waals surface area contributed by atoms with E-state index >= 15 is 0 Å². The maximum absolute atomic E-state index is 12.5. The molecule has 1 saturated heterocycles. The first kappa shape index (κ1) is 17.0. The molecule has 1 aliphatic rings. The summed E-state index contributed by atoms with van der Waals surface area (Å²) in [5.74, 6) is 0.499. The van der Waals surface area contributed by atoms with Crippen molar-refractivity contribution in [1.29, 1.82) is 0 Å². The molecule has 0 saturated carbocycles. The summed E-state index contributed by atoms with van der Waals surface area (Å²) >= 11 is 0. The molecule has 25 heavy (non-hydrogen) atoms. The van der Waals surface area contributed by atoms with Gasteiger partial charge in [0, 0.05) is 37.0 Å². The van der Waals surface area contributed by atoms with E-state index < -0.39 is 0 Å². The maximum Gasteiger partial charge on any atom is 0.253 e. The molecular formula is C19H21N3O3. The minimum atomic E-state index is -0.105. The number of hydrogen-bond acceptors (Lipinski definition) is 4. The average Bonchev–Trinajstić information content (AvgIpc) is 2.68. The standard InChI is InChI=1S/C19H21N3O3/c1-25-17-5-3-2-4-16(17)21-18(23)14-8-12-22(13-9-14)19(24)15-6-10-20-11-7-15/h2-7,10-11,14H,8-9,12-13H2,1H3,(H,21,23). The summed E-state index contributed by atoms with van der Waals surface area (Å²) < 4.78 is 5.26. The molecule has 0 spiro atoms. The van der Waals surface area contributed by atoms with Crippen LogP contribution in [0.2, 0.25) is 0 Å². The molecule has 0 unspecified atom stereocenters. The van der Waals surface area contributed by atoms with Crippen molar-refractivity contribution in [3.05, 3.63) is 54.4 Å². The molecule has 1 aliphatic heterocycles. The molecule has 2 heterocycles. The summed E-state index contributed by atoms with van der Waals surface area (Å²) in [6.45, 7) is 1.15. The lowest BCUT2D eigenvalue weighted by Crippen LogP contribution is -2.41. The van der Waals surface area contributed by atoms with E-state index in [4.69, 9.17) is 4.74 Å². The Hall–Kier alpha value is -2.89. The van der Waals surface area contributed by atoms with Gasteiger partial charge in [0.2, 0.25) is 5.91 Å². The van der Waals surface area contributed by atoms with E-state index in [0.29, 0.717) is 42.9 Å². The first-order chi connectivity index (χ1) is 12.2. The monoisotopic (exact) mass is 339 g/mol. The van der Waals surface area contributed by atoms with Crippen molar-refractivity contribution in [1.82, 2.24) is 9.88 Å². The molecule has 6 nitrogen and oxygen atoms in total. The molecule has 0 bridgehead atoms. The highest BCUT2D eigenvalue weighted by atomic mass is 16.5. The lowest BCUT2D eigenvalue weighted by atomic mass is 9.95. The predicted octanol–water partition coefficient (Wildman–Crippen LogP) is 2.58. The first-order valence-electron chi connectivity index (χ1n) is 8.32. The van der Waals surface area contributed by atoms with E-state index in [2.05, 4.69) is 10.3 Å². The Morgan fingerprint density at radius 2 is 1.80 bits per heavy atom. The van der Waals surface area contributed by atoms with Crippen molar-refractivity contribution >= 4 is 17.5 Å². The van der Waals surface area contributed by atoms with Crippen LogP contribution in [-0.2, 0) is 4.79 Å². The Kier molecular flexibility index (Phi) is 5.28. The van der Waals surface area contributed by atoms with E-state index in [0.717, 1.165) is 0 Å². The van der Waals surface area contributed by atoms with Gasteiger partial charge >= 0.3 is 0 Å². The molecule has 0 atom stereocenters. The Bertz CT molecular complexity index is 741.